The summed E-state index contributed by atoms with van der Waals surface area (Å²) >= 11 is 0. The third kappa shape index (κ3) is 4.98. The lowest BCUT2D eigenvalue weighted by Gasteiger charge is -2.33. The Morgan fingerprint density at radius 1 is 1.22 bits per heavy atom. The molecule has 2 rings (SSSR count). The maximum Gasteiger partial charge on any atom is 0.317 e. The summed E-state index contributed by atoms with van der Waals surface area (Å²) in [6.07, 6.45) is 3.54. The quantitative estimate of drug-likeness (QED) is 0.876. The number of likely N-dealkylation sites (tertiary alicyclic amines) is 1. The summed E-state index contributed by atoms with van der Waals surface area (Å²) in [6.45, 7) is 5.35. The molecule has 5 heteroatoms. The molecule has 0 aliphatic carbocycles. The molecule has 1 unspecified atom stereocenters. The third-order valence-electron chi connectivity index (χ3n) is 4.43. The van der Waals surface area contributed by atoms with Crippen molar-refractivity contribution in [3.05, 3.63) is 30.3 Å². The average molecular weight is 317 g/mol. The summed E-state index contributed by atoms with van der Waals surface area (Å²) in [6, 6.07) is 9.62. The number of hydrogen-bond acceptors (Lipinski definition) is 2. The van der Waals surface area contributed by atoms with E-state index >= 15 is 0 Å². The molecule has 0 saturated carbocycles. The number of nitrogens with one attached hydrogen (secondary N) is 2. The van der Waals surface area contributed by atoms with Gasteiger partial charge in [0.1, 0.15) is 0 Å². The van der Waals surface area contributed by atoms with Crippen molar-refractivity contribution in [2.75, 3.05) is 18.4 Å². The first-order valence-corrected chi connectivity index (χ1v) is 8.55. The molecule has 1 aliphatic rings. The van der Waals surface area contributed by atoms with E-state index in [1.165, 1.54) is 0 Å². The van der Waals surface area contributed by atoms with Crippen molar-refractivity contribution in [3.8, 4) is 0 Å². The van der Waals surface area contributed by atoms with Crippen LogP contribution in [0.5, 0.6) is 0 Å². The maximum absolute atomic E-state index is 12.4. The van der Waals surface area contributed by atoms with Crippen molar-refractivity contribution in [3.63, 3.8) is 0 Å². The number of benzene rings is 1. The molecule has 1 heterocycles. The summed E-state index contributed by atoms with van der Waals surface area (Å²) in [5, 5.41) is 5.99. The molecule has 1 aromatic carbocycles. The first-order valence-electron chi connectivity index (χ1n) is 8.55. The molecule has 1 aromatic rings. The highest BCUT2D eigenvalue weighted by molar-refractivity contribution is 5.93. The minimum atomic E-state index is -0.142. The van der Waals surface area contributed by atoms with E-state index in [0.717, 1.165) is 37.9 Å². The van der Waals surface area contributed by atoms with Gasteiger partial charge in [0.15, 0.2) is 0 Å². The smallest absolute Gasteiger partial charge is 0.317 e. The topological polar surface area (TPSA) is 61.4 Å². The fourth-order valence-electron chi connectivity index (χ4n) is 2.90. The van der Waals surface area contributed by atoms with Crippen LogP contribution in [0, 0.1) is 5.92 Å². The number of anilines is 1. The largest absolute Gasteiger partial charge is 0.335 e. The lowest BCUT2D eigenvalue weighted by atomic mass is 9.97. The van der Waals surface area contributed by atoms with Gasteiger partial charge in [0.2, 0.25) is 5.91 Å². The fourth-order valence-corrected chi connectivity index (χ4v) is 2.90. The van der Waals surface area contributed by atoms with Crippen molar-refractivity contribution in [1.29, 1.82) is 0 Å². The summed E-state index contributed by atoms with van der Waals surface area (Å²) < 4.78 is 0. The monoisotopic (exact) mass is 317 g/mol. The molecule has 0 aromatic heterocycles. The number of urea groups is 1. The summed E-state index contributed by atoms with van der Waals surface area (Å²) in [4.78, 5) is 26.5. The second-order valence-electron chi connectivity index (χ2n) is 6.10. The number of carbonyl (C=O) groups excluding carboxylic acids is 2. The molecular weight excluding hydrogens is 290 g/mol. The number of para-hydroxylation sites is 1. The Morgan fingerprint density at radius 3 is 2.57 bits per heavy atom. The average Bonchev–Trinajstić information content (AvgIpc) is 2.60. The van der Waals surface area contributed by atoms with Crippen LogP contribution in [0.2, 0.25) is 0 Å². The highest BCUT2D eigenvalue weighted by atomic mass is 16.2. The van der Waals surface area contributed by atoms with E-state index in [1.807, 2.05) is 30.3 Å². The Labute approximate surface area is 138 Å². The Hall–Kier alpha value is -2.04. The molecule has 0 bridgehead atoms. The first-order chi connectivity index (χ1) is 11.1. The third-order valence-corrected chi connectivity index (χ3v) is 4.43. The van der Waals surface area contributed by atoms with Gasteiger partial charge in [0, 0.05) is 24.8 Å². The summed E-state index contributed by atoms with van der Waals surface area (Å²) in [5.41, 5.74) is 0.802. The maximum atomic E-state index is 12.4. The van der Waals surface area contributed by atoms with Crippen LogP contribution in [0.4, 0.5) is 10.5 Å². The molecule has 2 N–H and O–H groups in total. The molecule has 126 valence electrons. The highest BCUT2D eigenvalue weighted by Crippen LogP contribution is 2.19. The van der Waals surface area contributed by atoms with Gasteiger partial charge in [-0.1, -0.05) is 32.0 Å². The second-order valence-corrected chi connectivity index (χ2v) is 6.10. The number of carbonyl (C=O) groups is 2. The number of amides is 3. The van der Waals surface area contributed by atoms with Crippen LogP contribution < -0.4 is 10.6 Å². The van der Waals surface area contributed by atoms with Crippen molar-refractivity contribution >= 4 is 17.6 Å². The fraction of sp³-hybridized carbons (Fsp3) is 0.556. The molecule has 3 amide bonds. The number of nitrogens with zero attached hydrogens (tertiary/aromatic N) is 1. The second kappa shape index (κ2) is 8.56. The normalized spacial score (nSPS) is 17.9. The van der Waals surface area contributed by atoms with Gasteiger partial charge in [-0.05, 0) is 37.8 Å². The van der Waals surface area contributed by atoms with Crippen LogP contribution in [-0.4, -0.2) is 36.0 Å². The van der Waals surface area contributed by atoms with Crippen LogP contribution >= 0.6 is 0 Å². The molecule has 0 radical (unpaired) electrons. The molecule has 0 spiro atoms. The molecule has 1 aliphatic heterocycles. The lowest BCUT2D eigenvalue weighted by molar-refractivity contribution is -0.121. The Kier molecular flexibility index (Phi) is 6.44. The first kappa shape index (κ1) is 17.3. The van der Waals surface area contributed by atoms with Gasteiger partial charge in [0.25, 0.3) is 0 Å². The molecule has 5 nitrogen and oxygen atoms in total. The van der Waals surface area contributed by atoms with E-state index in [4.69, 9.17) is 0 Å². The number of piperidine rings is 1. The van der Waals surface area contributed by atoms with Gasteiger partial charge in [0.05, 0.1) is 5.92 Å². The zero-order valence-electron chi connectivity index (χ0n) is 14.0. The van der Waals surface area contributed by atoms with E-state index in [-0.39, 0.29) is 23.9 Å². The SMILES string of the molecule is CCC(CC)NC(=O)N1CCCC(C(=O)Nc2ccccc2)C1. The van der Waals surface area contributed by atoms with Crippen molar-refractivity contribution in [2.45, 2.75) is 45.6 Å². The lowest BCUT2D eigenvalue weighted by Crippen LogP contribution is -2.50. The van der Waals surface area contributed by atoms with Gasteiger partial charge >= 0.3 is 6.03 Å². The van der Waals surface area contributed by atoms with E-state index in [0.29, 0.717) is 6.54 Å². The zero-order valence-corrected chi connectivity index (χ0v) is 14.0. The van der Waals surface area contributed by atoms with Crippen molar-refractivity contribution in [1.82, 2.24) is 10.2 Å². The van der Waals surface area contributed by atoms with Gasteiger partial charge in [-0.15, -0.1) is 0 Å². The van der Waals surface area contributed by atoms with Crippen LogP contribution in [0.15, 0.2) is 30.3 Å². The molecular formula is C18H27N3O2. The zero-order chi connectivity index (χ0) is 16.7. The van der Waals surface area contributed by atoms with E-state index in [2.05, 4.69) is 24.5 Å². The van der Waals surface area contributed by atoms with Crippen LogP contribution in [0.1, 0.15) is 39.5 Å². The van der Waals surface area contributed by atoms with E-state index in [1.54, 1.807) is 4.90 Å². The van der Waals surface area contributed by atoms with E-state index in [9.17, 15) is 9.59 Å². The van der Waals surface area contributed by atoms with Gasteiger partial charge in [-0.25, -0.2) is 4.79 Å². The standard InChI is InChI=1S/C18H27N3O2/c1-3-15(4-2)20-18(23)21-12-8-9-14(13-21)17(22)19-16-10-6-5-7-11-16/h5-7,10-11,14-15H,3-4,8-9,12-13H2,1-2H3,(H,19,22)(H,20,23). The van der Waals surface area contributed by atoms with Crippen molar-refractivity contribution in [2.24, 2.45) is 5.92 Å². The minimum absolute atomic E-state index is 0.00349. The van der Waals surface area contributed by atoms with Crippen LogP contribution in [0.3, 0.4) is 0 Å². The Balaban J connectivity index is 1.89. The predicted octanol–water partition coefficient (Wildman–Crippen LogP) is 3.24. The predicted molar refractivity (Wildman–Crippen MR) is 92.3 cm³/mol. The van der Waals surface area contributed by atoms with Crippen LogP contribution in [-0.2, 0) is 4.79 Å². The minimum Gasteiger partial charge on any atom is -0.335 e. The Bertz CT molecular complexity index is 514. The highest BCUT2D eigenvalue weighted by Gasteiger charge is 2.29. The van der Waals surface area contributed by atoms with Crippen LogP contribution in [0.25, 0.3) is 0 Å². The van der Waals surface area contributed by atoms with Gasteiger partial charge in [-0.2, -0.15) is 0 Å². The van der Waals surface area contributed by atoms with Gasteiger partial charge in [-0.3, -0.25) is 4.79 Å². The van der Waals surface area contributed by atoms with Crippen molar-refractivity contribution < 1.29 is 9.59 Å². The van der Waals surface area contributed by atoms with Gasteiger partial charge < -0.3 is 15.5 Å². The summed E-state index contributed by atoms with van der Waals surface area (Å²) in [7, 11) is 0. The van der Waals surface area contributed by atoms with E-state index < -0.39 is 0 Å². The molecule has 1 fully saturated rings. The molecule has 23 heavy (non-hydrogen) atoms. The summed E-state index contributed by atoms with van der Waals surface area (Å²) in [5.74, 6) is -0.146. The Morgan fingerprint density at radius 2 is 1.91 bits per heavy atom. The molecule has 1 saturated heterocycles. The molecule has 1 atom stereocenters. The number of hydrogen-bond donors (Lipinski definition) is 2. The number of rotatable bonds is 5.